The lowest BCUT2D eigenvalue weighted by molar-refractivity contribution is -0.123. The SMILES string of the molecule is NC(=O)CC1(NC(=O)C=Cc2c(Cl)nc3sccn23)CCOCC1. The zero-order valence-corrected chi connectivity index (χ0v) is 14.4. The van der Waals surface area contributed by atoms with Gasteiger partial charge in [0.15, 0.2) is 10.1 Å². The molecule has 1 aliphatic rings. The van der Waals surface area contributed by atoms with Gasteiger partial charge in [0.2, 0.25) is 11.8 Å². The van der Waals surface area contributed by atoms with Crippen LogP contribution in [0.15, 0.2) is 17.7 Å². The number of rotatable bonds is 5. The van der Waals surface area contributed by atoms with Gasteiger partial charge < -0.3 is 15.8 Å². The summed E-state index contributed by atoms with van der Waals surface area (Å²) < 4.78 is 7.12. The molecule has 0 aliphatic carbocycles. The molecule has 0 radical (unpaired) electrons. The number of ether oxygens (including phenoxy) is 1. The van der Waals surface area contributed by atoms with Crippen molar-refractivity contribution in [3.8, 4) is 0 Å². The lowest BCUT2D eigenvalue weighted by Gasteiger charge is -2.36. The summed E-state index contributed by atoms with van der Waals surface area (Å²) in [7, 11) is 0. The number of nitrogens with zero attached hydrogens (tertiary/aromatic N) is 2. The van der Waals surface area contributed by atoms with Crippen LogP contribution in [0, 0.1) is 0 Å². The maximum absolute atomic E-state index is 12.3. The van der Waals surface area contributed by atoms with E-state index in [0.29, 0.717) is 36.9 Å². The second kappa shape index (κ2) is 6.92. The Labute approximate surface area is 147 Å². The molecule has 0 spiro atoms. The predicted molar refractivity (Wildman–Crippen MR) is 91.9 cm³/mol. The third-order valence-corrected chi connectivity index (χ3v) is 5.03. The van der Waals surface area contributed by atoms with E-state index in [1.165, 1.54) is 17.4 Å². The van der Waals surface area contributed by atoms with Crippen molar-refractivity contribution in [3.63, 3.8) is 0 Å². The molecule has 0 bridgehead atoms. The van der Waals surface area contributed by atoms with Crippen LogP contribution in [0.2, 0.25) is 5.15 Å². The number of aromatic nitrogens is 2. The van der Waals surface area contributed by atoms with E-state index in [1.807, 2.05) is 16.0 Å². The highest BCUT2D eigenvalue weighted by Gasteiger charge is 2.35. The van der Waals surface area contributed by atoms with E-state index in [1.54, 1.807) is 6.08 Å². The minimum atomic E-state index is -0.648. The molecule has 2 aromatic rings. The molecule has 1 aliphatic heterocycles. The molecule has 1 fully saturated rings. The number of primary amides is 1. The molecule has 2 aromatic heterocycles. The first kappa shape index (κ1) is 16.9. The lowest BCUT2D eigenvalue weighted by atomic mass is 9.86. The largest absolute Gasteiger partial charge is 0.381 e. The van der Waals surface area contributed by atoms with Gasteiger partial charge in [-0.3, -0.25) is 14.0 Å². The van der Waals surface area contributed by atoms with Crippen LogP contribution in [0.4, 0.5) is 0 Å². The van der Waals surface area contributed by atoms with Crippen molar-refractivity contribution in [2.75, 3.05) is 13.2 Å². The van der Waals surface area contributed by atoms with Gasteiger partial charge in [-0.2, -0.15) is 0 Å². The fraction of sp³-hybridized carbons (Fsp3) is 0.400. The van der Waals surface area contributed by atoms with Gasteiger partial charge >= 0.3 is 0 Å². The first-order valence-electron chi connectivity index (χ1n) is 7.46. The number of fused-ring (bicyclic) bond motifs is 1. The second-order valence-electron chi connectivity index (χ2n) is 5.70. The molecule has 0 saturated carbocycles. The molecular weight excluding hydrogens is 352 g/mol. The summed E-state index contributed by atoms with van der Waals surface area (Å²) in [5.41, 5.74) is 5.32. The van der Waals surface area contributed by atoms with Crippen molar-refractivity contribution in [2.24, 2.45) is 5.73 Å². The van der Waals surface area contributed by atoms with Crippen molar-refractivity contribution in [1.82, 2.24) is 14.7 Å². The fourth-order valence-corrected chi connectivity index (χ4v) is 3.83. The molecule has 9 heteroatoms. The van der Waals surface area contributed by atoms with Gasteiger partial charge in [0.25, 0.3) is 0 Å². The molecule has 1 saturated heterocycles. The number of imidazole rings is 1. The normalized spacial score (nSPS) is 17.4. The highest BCUT2D eigenvalue weighted by molar-refractivity contribution is 7.15. The number of thiazole rings is 1. The Bertz CT molecular complexity index is 792. The van der Waals surface area contributed by atoms with E-state index < -0.39 is 11.4 Å². The highest BCUT2D eigenvalue weighted by atomic mass is 35.5. The molecule has 7 nitrogen and oxygen atoms in total. The Morgan fingerprint density at radius 1 is 1.50 bits per heavy atom. The molecule has 128 valence electrons. The highest BCUT2D eigenvalue weighted by Crippen LogP contribution is 2.25. The van der Waals surface area contributed by atoms with Crippen LogP contribution in [0.3, 0.4) is 0 Å². The molecule has 3 N–H and O–H groups in total. The monoisotopic (exact) mass is 368 g/mol. The van der Waals surface area contributed by atoms with E-state index in [4.69, 9.17) is 22.1 Å². The number of nitrogens with one attached hydrogen (secondary N) is 1. The van der Waals surface area contributed by atoms with Crippen LogP contribution in [0.25, 0.3) is 11.0 Å². The first-order chi connectivity index (χ1) is 11.5. The van der Waals surface area contributed by atoms with E-state index in [9.17, 15) is 9.59 Å². The zero-order chi connectivity index (χ0) is 17.2. The Balaban J connectivity index is 1.74. The zero-order valence-electron chi connectivity index (χ0n) is 12.8. The van der Waals surface area contributed by atoms with Gasteiger partial charge in [-0.25, -0.2) is 4.98 Å². The predicted octanol–water partition coefficient (Wildman–Crippen LogP) is 1.60. The third kappa shape index (κ3) is 3.61. The average Bonchev–Trinajstić information content (AvgIpc) is 3.06. The van der Waals surface area contributed by atoms with Crippen LogP contribution in [0.1, 0.15) is 25.0 Å². The molecule has 0 atom stereocenters. The van der Waals surface area contributed by atoms with Gasteiger partial charge in [-0.1, -0.05) is 11.6 Å². The molecular formula is C15H17ClN4O3S. The number of hydrogen-bond acceptors (Lipinski definition) is 5. The summed E-state index contributed by atoms with van der Waals surface area (Å²) in [6.45, 7) is 0.975. The van der Waals surface area contributed by atoms with Crippen molar-refractivity contribution in [2.45, 2.75) is 24.8 Å². The van der Waals surface area contributed by atoms with E-state index in [2.05, 4.69) is 10.3 Å². The summed E-state index contributed by atoms with van der Waals surface area (Å²) in [5.74, 6) is -0.751. The molecule has 0 aromatic carbocycles. The summed E-state index contributed by atoms with van der Waals surface area (Å²) in [4.78, 5) is 28.6. The molecule has 3 heterocycles. The standard InChI is InChI=1S/C15H17ClN4O3S/c16-13-10(20-5-8-24-14(20)18-13)1-2-12(22)19-15(9-11(17)21)3-6-23-7-4-15/h1-2,5,8H,3-4,6-7,9H2,(H2,17,21)(H,19,22). The van der Waals surface area contributed by atoms with Gasteiger partial charge in [0, 0.05) is 37.3 Å². The van der Waals surface area contributed by atoms with Crippen molar-refractivity contribution in [1.29, 1.82) is 0 Å². The van der Waals surface area contributed by atoms with E-state index in [0.717, 1.165) is 4.96 Å². The Kier molecular flexibility index (Phi) is 4.88. The number of carbonyl (C=O) groups is 2. The van der Waals surface area contributed by atoms with Crippen molar-refractivity contribution < 1.29 is 14.3 Å². The summed E-state index contributed by atoms with van der Waals surface area (Å²) in [6.07, 6.45) is 6.05. The third-order valence-electron chi connectivity index (χ3n) is 4.00. The Morgan fingerprint density at radius 2 is 2.25 bits per heavy atom. The average molecular weight is 369 g/mol. The van der Waals surface area contributed by atoms with Gasteiger partial charge in [-0.15, -0.1) is 11.3 Å². The van der Waals surface area contributed by atoms with Crippen molar-refractivity contribution in [3.05, 3.63) is 28.5 Å². The minimum absolute atomic E-state index is 0.0954. The summed E-state index contributed by atoms with van der Waals surface area (Å²) >= 11 is 7.55. The van der Waals surface area contributed by atoms with Crippen LogP contribution in [-0.4, -0.2) is 40.0 Å². The number of carbonyl (C=O) groups excluding carboxylic acids is 2. The molecule has 3 rings (SSSR count). The first-order valence-corrected chi connectivity index (χ1v) is 8.72. The number of nitrogens with two attached hydrogens (primary N) is 1. The van der Waals surface area contributed by atoms with Crippen LogP contribution >= 0.6 is 22.9 Å². The van der Waals surface area contributed by atoms with Gasteiger partial charge in [0.05, 0.1) is 11.2 Å². The number of halogens is 1. The maximum atomic E-state index is 12.3. The van der Waals surface area contributed by atoms with Crippen molar-refractivity contribution >= 4 is 45.8 Å². The van der Waals surface area contributed by atoms with Crippen LogP contribution in [0.5, 0.6) is 0 Å². The number of hydrogen-bond donors (Lipinski definition) is 2. The molecule has 0 unspecified atom stereocenters. The maximum Gasteiger partial charge on any atom is 0.244 e. The fourth-order valence-electron chi connectivity index (χ4n) is 2.83. The topological polar surface area (TPSA) is 98.7 Å². The van der Waals surface area contributed by atoms with E-state index in [-0.39, 0.29) is 12.3 Å². The lowest BCUT2D eigenvalue weighted by Crippen LogP contribution is -2.53. The molecule has 24 heavy (non-hydrogen) atoms. The number of amides is 2. The van der Waals surface area contributed by atoms with Crippen LogP contribution < -0.4 is 11.1 Å². The van der Waals surface area contributed by atoms with Crippen LogP contribution in [-0.2, 0) is 14.3 Å². The van der Waals surface area contributed by atoms with Gasteiger partial charge in [-0.05, 0) is 18.9 Å². The Morgan fingerprint density at radius 3 is 2.96 bits per heavy atom. The smallest absolute Gasteiger partial charge is 0.244 e. The summed E-state index contributed by atoms with van der Waals surface area (Å²) in [6, 6.07) is 0. The second-order valence-corrected chi connectivity index (χ2v) is 6.93. The quantitative estimate of drug-likeness (QED) is 0.783. The Hall–Kier alpha value is -1.90. The van der Waals surface area contributed by atoms with Gasteiger partial charge in [0.1, 0.15) is 0 Å². The van der Waals surface area contributed by atoms with E-state index >= 15 is 0 Å². The summed E-state index contributed by atoms with van der Waals surface area (Å²) in [5, 5.41) is 5.14. The minimum Gasteiger partial charge on any atom is -0.381 e. The molecule has 2 amide bonds.